The maximum atomic E-state index is 12.5. The molecular formula is C20H20F3N5O4. The van der Waals surface area contributed by atoms with Crippen molar-refractivity contribution >= 4 is 17.7 Å². The zero-order chi connectivity index (χ0) is 23.3. The molecule has 0 bridgehead atoms. The number of alkyl halides is 3. The summed E-state index contributed by atoms with van der Waals surface area (Å²) in [7, 11) is 0. The van der Waals surface area contributed by atoms with Crippen LogP contribution in [0.1, 0.15) is 27.8 Å². The molecule has 1 aliphatic rings. The second-order valence-corrected chi connectivity index (χ2v) is 6.85. The van der Waals surface area contributed by atoms with Crippen molar-refractivity contribution in [2.24, 2.45) is 0 Å². The Kier molecular flexibility index (Phi) is 6.81. The molecule has 0 unspecified atom stereocenters. The number of carboxylic acids is 1. The largest absolute Gasteiger partial charge is 0.490 e. The quantitative estimate of drug-likeness (QED) is 0.627. The minimum Gasteiger partial charge on any atom is -0.475 e. The van der Waals surface area contributed by atoms with Crippen LogP contribution in [0.3, 0.4) is 0 Å². The third-order valence-electron chi connectivity index (χ3n) is 4.45. The molecule has 3 aromatic heterocycles. The van der Waals surface area contributed by atoms with Gasteiger partial charge in [0, 0.05) is 25.5 Å². The number of carbonyl (C=O) groups excluding carboxylic acids is 1. The molecule has 0 aliphatic carbocycles. The van der Waals surface area contributed by atoms with Crippen LogP contribution in [0.4, 0.5) is 19.0 Å². The Morgan fingerprint density at radius 1 is 1.22 bits per heavy atom. The highest BCUT2D eigenvalue weighted by Crippen LogP contribution is 2.17. The molecule has 0 atom stereocenters. The van der Waals surface area contributed by atoms with E-state index in [1.54, 1.807) is 23.2 Å². The average Bonchev–Trinajstić information content (AvgIpc) is 3.37. The summed E-state index contributed by atoms with van der Waals surface area (Å²) in [5, 5.41) is 10.4. The number of pyridine rings is 1. The topological polar surface area (TPSA) is 113 Å². The lowest BCUT2D eigenvalue weighted by Gasteiger charge is -2.26. The van der Waals surface area contributed by atoms with E-state index in [2.05, 4.69) is 19.9 Å². The highest BCUT2D eigenvalue weighted by molar-refractivity contribution is 5.91. The zero-order valence-electron chi connectivity index (χ0n) is 17.0. The Balaban J connectivity index is 0.000000360. The van der Waals surface area contributed by atoms with E-state index in [1.165, 1.54) is 0 Å². The molecule has 0 aromatic carbocycles. The molecule has 0 radical (unpaired) electrons. The number of furan rings is 1. The molecule has 0 spiro atoms. The Morgan fingerprint density at radius 3 is 2.56 bits per heavy atom. The van der Waals surface area contributed by atoms with Crippen molar-refractivity contribution in [3.05, 3.63) is 65.8 Å². The van der Waals surface area contributed by atoms with Gasteiger partial charge in [0.1, 0.15) is 17.4 Å². The first-order valence-electron chi connectivity index (χ1n) is 9.49. The van der Waals surface area contributed by atoms with Crippen LogP contribution in [-0.4, -0.2) is 49.1 Å². The molecule has 2 N–H and O–H groups in total. The number of fused-ring (bicyclic) bond motifs is 1. The first-order chi connectivity index (χ1) is 15.1. The van der Waals surface area contributed by atoms with Gasteiger partial charge < -0.3 is 24.3 Å². The predicted octanol–water partition coefficient (Wildman–Crippen LogP) is 3.08. The van der Waals surface area contributed by atoms with Gasteiger partial charge in [-0.2, -0.15) is 13.2 Å². The number of carbonyl (C=O) groups is 2. The van der Waals surface area contributed by atoms with E-state index in [0.29, 0.717) is 25.4 Å². The third kappa shape index (κ3) is 5.86. The number of carboxylic acid groups (broad SMARTS) is 1. The van der Waals surface area contributed by atoms with Gasteiger partial charge in [0.2, 0.25) is 0 Å². The van der Waals surface area contributed by atoms with Gasteiger partial charge in [-0.25, -0.2) is 14.8 Å². The van der Waals surface area contributed by atoms with Crippen LogP contribution in [0.2, 0.25) is 0 Å². The summed E-state index contributed by atoms with van der Waals surface area (Å²) in [6, 6.07) is 9.27. The summed E-state index contributed by atoms with van der Waals surface area (Å²) in [6.07, 6.45) is -1.30. The van der Waals surface area contributed by atoms with E-state index < -0.39 is 12.1 Å². The molecule has 12 heteroatoms. The second-order valence-electron chi connectivity index (χ2n) is 6.85. The summed E-state index contributed by atoms with van der Waals surface area (Å²) in [4.78, 5) is 32.1. The number of nitrogens with zero attached hydrogens (tertiary/aromatic N) is 4. The Labute approximate surface area is 180 Å². The smallest absolute Gasteiger partial charge is 0.475 e. The second kappa shape index (κ2) is 9.54. The van der Waals surface area contributed by atoms with E-state index in [0.717, 1.165) is 29.6 Å². The number of amides is 1. The number of halogens is 3. The minimum absolute atomic E-state index is 0.0875. The van der Waals surface area contributed by atoms with Gasteiger partial charge in [0.15, 0.2) is 5.76 Å². The van der Waals surface area contributed by atoms with Crippen molar-refractivity contribution in [2.45, 2.75) is 32.7 Å². The van der Waals surface area contributed by atoms with E-state index >= 15 is 0 Å². The van der Waals surface area contributed by atoms with Crippen molar-refractivity contribution in [1.82, 2.24) is 19.4 Å². The molecule has 4 rings (SSSR count). The fraction of sp³-hybridized carbons (Fsp3) is 0.300. The minimum atomic E-state index is -5.08. The number of imidazole rings is 1. The number of hydrogen-bond acceptors (Lipinski definition) is 6. The normalized spacial score (nSPS) is 13.1. The maximum absolute atomic E-state index is 12.5. The van der Waals surface area contributed by atoms with Crippen molar-refractivity contribution in [1.29, 1.82) is 0 Å². The van der Waals surface area contributed by atoms with Crippen LogP contribution in [0.25, 0.3) is 0 Å². The maximum Gasteiger partial charge on any atom is 0.490 e. The molecular weight excluding hydrogens is 431 g/mol. The van der Waals surface area contributed by atoms with Gasteiger partial charge in [0.05, 0.1) is 18.8 Å². The predicted molar refractivity (Wildman–Crippen MR) is 106 cm³/mol. The molecule has 4 heterocycles. The number of aliphatic carboxylic acids is 1. The highest BCUT2D eigenvalue weighted by atomic mass is 19.4. The van der Waals surface area contributed by atoms with Crippen LogP contribution in [0, 0.1) is 6.92 Å². The van der Waals surface area contributed by atoms with Crippen molar-refractivity contribution < 1.29 is 32.3 Å². The summed E-state index contributed by atoms with van der Waals surface area (Å²) >= 11 is 0. The molecule has 170 valence electrons. The number of aryl methyl sites for hydroxylation is 1. The van der Waals surface area contributed by atoms with Gasteiger partial charge in [-0.15, -0.1) is 0 Å². The Bertz CT molecular complexity index is 1080. The third-order valence-corrected chi connectivity index (χ3v) is 4.45. The molecule has 32 heavy (non-hydrogen) atoms. The Hall–Kier alpha value is -3.83. The number of hydrogen-bond donors (Lipinski definition) is 2. The van der Waals surface area contributed by atoms with Crippen LogP contribution < -0.4 is 5.32 Å². The lowest BCUT2D eigenvalue weighted by Crippen LogP contribution is -2.38. The average molecular weight is 451 g/mol. The lowest BCUT2D eigenvalue weighted by molar-refractivity contribution is -0.192. The molecule has 1 aliphatic heterocycles. The first kappa shape index (κ1) is 22.8. The number of aromatic nitrogens is 3. The summed E-state index contributed by atoms with van der Waals surface area (Å²) in [6.45, 7) is 4.30. The van der Waals surface area contributed by atoms with Gasteiger partial charge in [0.25, 0.3) is 5.91 Å². The number of nitrogens with one attached hydrogen (secondary N) is 1. The molecule has 0 saturated carbocycles. The van der Waals surface area contributed by atoms with Crippen LogP contribution in [0.5, 0.6) is 0 Å². The van der Waals surface area contributed by atoms with E-state index in [9.17, 15) is 18.0 Å². The molecule has 9 nitrogen and oxygen atoms in total. The summed E-state index contributed by atoms with van der Waals surface area (Å²) in [5.74, 6) is -0.0125. The molecule has 0 saturated heterocycles. The van der Waals surface area contributed by atoms with Crippen molar-refractivity contribution in [3.8, 4) is 0 Å². The van der Waals surface area contributed by atoms with Gasteiger partial charge in [-0.3, -0.25) is 4.79 Å². The first-order valence-corrected chi connectivity index (χ1v) is 9.49. The molecule has 3 aromatic rings. The Morgan fingerprint density at radius 2 is 1.97 bits per heavy atom. The van der Waals surface area contributed by atoms with Gasteiger partial charge >= 0.3 is 12.1 Å². The van der Waals surface area contributed by atoms with Crippen LogP contribution >= 0.6 is 0 Å². The fourth-order valence-corrected chi connectivity index (χ4v) is 2.92. The number of anilines is 1. The lowest BCUT2D eigenvalue weighted by atomic mass is 10.3. The van der Waals surface area contributed by atoms with E-state index in [4.69, 9.17) is 14.3 Å². The molecule has 0 fully saturated rings. The standard InChI is InChI=1S/C18H19N5O2.C2HF3O2/c1-13-5-6-15(25-13)18(24)23-9-8-22-11-14(21-17(22)12-23)10-20-16-4-2-3-7-19-16;3-2(4,5)1(6)7/h2-7,11H,8-10,12H2,1H3,(H,19,20);(H,6,7). The summed E-state index contributed by atoms with van der Waals surface area (Å²) in [5.41, 5.74) is 0.934. The van der Waals surface area contributed by atoms with Gasteiger partial charge in [-0.05, 0) is 31.2 Å². The van der Waals surface area contributed by atoms with Crippen molar-refractivity contribution in [3.63, 3.8) is 0 Å². The molecule has 1 amide bonds. The number of rotatable bonds is 4. The zero-order valence-corrected chi connectivity index (χ0v) is 17.0. The summed E-state index contributed by atoms with van der Waals surface area (Å²) < 4.78 is 39.3. The van der Waals surface area contributed by atoms with E-state index in [1.807, 2.05) is 31.3 Å². The highest BCUT2D eigenvalue weighted by Gasteiger charge is 2.38. The fourth-order valence-electron chi connectivity index (χ4n) is 2.92. The van der Waals surface area contributed by atoms with Crippen LogP contribution in [0.15, 0.2) is 47.1 Å². The van der Waals surface area contributed by atoms with Crippen LogP contribution in [-0.2, 0) is 24.4 Å². The van der Waals surface area contributed by atoms with E-state index in [-0.39, 0.29) is 5.91 Å². The van der Waals surface area contributed by atoms with Gasteiger partial charge in [-0.1, -0.05) is 6.07 Å². The monoisotopic (exact) mass is 451 g/mol. The SMILES string of the molecule is Cc1ccc(C(=O)N2CCn3cc(CNc4ccccn4)nc3C2)o1.O=C(O)C(F)(F)F. The van der Waals surface area contributed by atoms with Crippen molar-refractivity contribution in [2.75, 3.05) is 11.9 Å².